The minimum absolute atomic E-state index is 0.274. The van der Waals surface area contributed by atoms with E-state index in [0.29, 0.717) is 28.7 Å². The first-order chi connectivity index (χ1) is 19.0. The first-order valence-electron chi connectivity index (χ1n) is 12.9. The molecule has 8 heteroatoms. The molecule has 0 saturated heterocycles. The number of imidazole rings is 1. The highest BCUT2D eigenvalue weighted by molar-refractivity contribution is 7.11. The second kappa shape index (κ2) is 10.4. The summed E-state index contributed by atoms with van der Waals surface area (Å²) in [4.78, 5) is 13.4. The van der Waals surface area contributed by atoms with Crippen molar-refractivity contribution in [1.29, 1.82) is 0 Å². The second-order valence-electron chi connectivity index (χ2n) is 9.81. The molecule has 1 saturated carbocycles. The first kappa shape index (κ1) is 24.8. The van der Waals surface area contributed by atoms with Gasteiger partial charge in [-0.05, 0) is 67.7 Å². The number of H-pyrrole nitrogens is 2. The van der Waals surface area contributed by atoms with Gasteiger partial charge in [-0.25, -0.2) is 4.98 Å². The molecule has 0 spiro atoms. The van der Waals surface area contributed by atoms with Crippen LogP contribution in [0.1, 0.15) is 41.9 Å². The molecule has 4 heterocycles. The number of allylic oxidation sites excluding steroid dienone is 2. The van der Waals surface area contributed by atoms with Gasteiger partial charge < -0.3 is 10.3 Å². The normalized spacial score (nSPS) is 14.1. The highest BCUT2D eigenvalue weighted by atomic mass is 32.1. The third-order valence-corrected chi connectivity index (χ3v) is 8.12. The topological polar surface area (TPSA) is 82.3 Å². The highest BCUT2D eigenvalue weighted by Crippen LogP contribution is 2.35. The van der Waals surface area contributed by atoms with Crippen LogP contribution >= 0.6 is 11.3 Å². The minimum atomic E-state index is -0.274. The van der Waals surface area contributed by atoms with Crippen molar-refractivity contribution in [3.63, 3.8) is 0 Å². The molecule has 0 radical (unpaired) electrons. The average Bonchev–Trinajstić information content (AvgIpc) is 3.74. The molecule has 0 atom stereocenters. The maximum absolute atomic E-state index is 13.8. The summed E-state index contributed by atoms with van der Waals surface area (Å²) in [6.07, 6.45) is 15.8. The van der Waals surface area contributed by atoms with Crippen molar-refractivity contribution in [2.75, 3.05) is 5.32 Å². The predicted octanol–water partition coefficient (Wildman–Crippen LogP) is 7.70. The zero-order valence-corrected chi connectivity index (χ0v) is 22.3. The molecule has 1 aliphatic rings. The third kappa shape index (κ3) is 4.89. The van der Waals surface area contributed by atoms with Gasteiger partial charge in [0, 0.05) is 39.0 Å². The van der Waals surface area contributed by atoms with E-state index < -0.39 is 0 Å². The third-order valence-electron chi connectivity index (χ3n) is 7.22. The summed E-state index contributed by atoms with van der Waals surface area (Å²) in [5.74, 6) is 3.69. The Balaban J connectivity index is 1.33. The van der Waals surface area contributed by atoms with Crippen LogP contribution in [0.4, 0.5) is 10.1 Å². The van der Waals surface area contributed by atoms with Gasteiger partial charge in [-0.3, -0.25) is 10.1 Å². The minimum Gasteiger partial charge on any atom is -0.358 e. The number of aromatic amines is 2. The van der Waals surface area contributed by atoms with Gasteiger partial charge in [-0.15, -0.1) is 17.8 Å². The van der Waals surface area contributed by atoms with E-state index in [2.05, 4.69) is 56.2 Å². The van der Waals surface area contributed by atoms with Gasteiger partial charge in [0.2, 0.25) is 0 Å². The molecule has 0 unspecified atom stereocenters. The van der Waals surface area contributed by atoms with Crippen LogP contribution in [0.15, 0.2) is 67.1 Å². The molecule has 1 aliphatic carbocycles. The summed E-state index contributed by atoms with van der Waals surface area (Å²) in [7, 11) is 0. The fraction of sp³-hybridized carbons (Fsp3) is 0.194. The maximum Gasteiger partial charge on any atom is 0.176 e. The van der Waals surface area contributed by atoms with Crippen LogP contribution < -0.4 is 5.32 Å². The molecule has 0 amide bonds. The monoisotopic (exact) mass is 534 g/mol. The number of nitrogens with one attached hydrogen (secondary N) is 3. The highest BCUT2D eigenvalue weighted by Gasteiger charge is 2.20. The summed E-state index contributed by atoms with van der Waals surface area (Å²) >= 11 is 1.04. The Bertz CT molecular complexity index is 1760. The summed E-state index contributed by atoms with van der Waals surface area (Å²) in [5, 5.41) is 11.8. The van der Waals surface area contributed by atoms with Crippen LogP contribution in [0.5, 0.6) is 0 Å². The molecular formula is C31H27FN6S. The number of hydrogen-bond acceptors (Lipinski definition) is 5. The molecule has 5 aromatic rings. The van der Waals surface area contributed by atoms with Crippen LogP contribution in [-0.2, 0) is 0 Å². The van der Waals surface area contributed by atoms with Crippen molar-refractivity contribution in [3.05, 3.63) is 88.5 Å². The Labute approximate surface area is 230 Å². The SMILES string of the molecule is C#C/C=C(/c1ccc(F)s1)c1nc(-c2n[nH]c3ccc(-c4cncc(NC(=C)C5CCCC5)c4)cc23)[nH]c1C. The number of pyridine rings is 1. The number of fused-ring (bicyclic) bond motifs is 1. The fourth-order valence-corrected chi connectivity index (χ4v) is 5.98. The lowest BCUT2D eigenvalue weighted by Gasteiger charge is -2.16. The molecule has 3 N–H and O–H groups in total. The number of anilines is 1. The lowest BCUT2D eigenvalue weighted by atomic mass is 10.0. The van der Waals surface area contributed by atoms with E-state index in [0.717, 1.165) is 55.3 Å². The van der Waals surface area contributed by atoms with Gasteiger partial charge in [-0.1, -0.05) is 31.4 Å². The second-order valence-corrected chi connectivity index (χ2v) is 10.8. The smallest absolute Gasteiger partial charge is 0.176 e. The van der Waals surface area contributed by atoms with Gasteiger partial charge >= 0.3 is 0 Å². The van der Waals surface area contributed by atoms with Crippen LogP contribution in [-0.4, -0.2) is 25.1 Å². The quantitative estimate of drug-likeness (QED) is 0.187. The fourth-order valence-electron chi connectivity index (χ4n) is 5.24. The van der Waals surface area contributed by atoms with Crippen molar-refractivity contribution in [2.24, 2.45) is 5.92 Å². The Hall–Kier alpha value is -4.48. The molecule has 1 fully saturated rings. The average molecular weight is 535 g/mol. The van der Waals surface area contributed by atoms with Crippen molar-refractivity contribution < 1.29 is 4.39 Å². The molecular weight excluding hydrogens is 507 g/mol. The number of rotatable bonds is 7. The Kier molecular flexibility index (Phi) is 6.59. The van der Waals surface area contributed by atoms with E-state index >= 15 is 0 Å². The largest absolute Gasteiger partial charge is 0.358 e. The van der Waals surface area contributed by atoms with Crippen LogP contribution in [0, 0.1) is 30.3 Å². The molecule has 194 valence electrons. The van der Waals surface area contributed by atoms with Gasteiger partial charge in [0.05, 0.1) is 23.1 Å². The lowest BCUT2D eigenvalue weighted by molar-refractivity contribution is 0.649. The van der Waals surface area contributed by atoms with E-state index in [1.807, 2.05) is 25.4 Å². The number of nitrogens with zero attached hydrogens (tertiary/aromatic N) is 3. The van der Waals surface area contributed by atoms with Crippen molar-refractivity contribution in [3.8, 4) is 35.0 Å². The van der Waals surface area contributed by atoms with Crippen molar-refractivity contribution in [2.45, 2.75) is 32.6 Å². The molecule has 0 bridgehead atoms. The van der Waals surface area contributed by atoms with E-state index in [1.54, 1.807) is 12.1 Å². The number of terminal acetylenes is 1. The summed E-state index contributed by atoms with van der Waals surface area (Å²) in [6.45, 7) is 6.19. The number of aromatic nitrogens is 5. The van der Waals surface area contributed by atoms with E-state index in [-0.39, 0.29) is 5.13 Å². The van der Waals surface area contributed by atoms with Crippen molar-refractivity contribution >= 4 is 33.5 Å². The van der Waals surface area contributed by atoms with Gasteiger partial charge in [0.1, 0.15) is 5.69 Å². The van der Waals surface area contributed by atoms with Gasteiger partial charge in [0.25, 0.3) is 0 Å². The number of hydrogen-bond donors (Lipinski definition) is 3. The molecule has 6 rings (SSSR count). The van der Waals surface area contributed by atoms with Gasteiger partial charge in [-0.2, -0.15) is 9.49 Å². The standard InChI is InChI=1S/C31H27FN6S/c1-4-7-24(27-12-13-28(32)39-27)29-19(3)35-31(36-29)30-25-15-21(10-11-26(25)37-38-30)22-14-23(17-33-16-22)34-18(2)20-8-5-6-9-20/h1,7,10-17,20,34H,2,5-6,8-9H2,3H3,(H,35,36)(H,37,38)/b24-7-. The number of halogens is 1. The van der Waals surface area contributed by atoms with E-state index in [9.17, 15) is 4.39 Å². The Morgan fingerprint density at radius 1 is 1.18 bits per heavy atom. The zero-order valence-electron chi connectivity index (χ0n) is 21.5. The number of thiophene rings is 1. The molecule has 0 aliphatic heterocycles. The Morgan fingerprint density at radius 3 is 2.79 bits per heavy atom. The summed E-state index contributed by atoms with van der Waals surface area (Å²) in [5.41, 5.74) is 7.76. The molecule has 6 nitrogen and oxygen atoms in total. The van der Waals surface area contributed by atoms with Crippen LogP contribution in [0.3, 0.4) is 0 Å². The van der Waals surface area contributed by atoms with Crippen LogP contribution in [0.2, 0.25) is 0 Å². The Morgan fingerprint density at radius 2 is 2.03 bits per heavy atom. The summed E-state index contributed by atoms with van der Waals surface area (Å²) < 4.78 is 13.8. The number of aryl methyl sites for hydroxylation is 1. The molecule has 4 aromatic heterocycles. The lowest BCUT2D eigenvalue weighted by Crippen LogP contribution is -2.07. The zero-order chi connectivity index (χ0) is 26.9. The summed E-state index contributed by atoms with van der Waals surface area (Å²) in [6, 6.07) is 11.4. The maximum atomic E-state index is 13.8. The van der Waals surface area contributed by atoms with E-state index in [4.69, 9.17) is 11.4 Å². The predicted molar refractivity (Wildman–Crippen MR) is 157 cm³/mol. The van der Waals surface area contributed by atoms with Crippen molar-refractivity contribution in [1.82, 2.24) is 25.1 Å². The molecule has 39 heavy (non-hydrogen) atoms. The first-order valence-corrected chi connectivity index (χ1v) is 13.7. The van der Waals surface area contributed by atoms with Crippen LogP contribution in [0.25, 0.3) is 39.1 Å². The van der Waals surface area contributed by atoms with Gasteiger partial charge in [0.15, 0.2) is 11.0 Å². The number of benzene rings is 1. The van der Waals surface area contributed by atoms with E-state index in [1.165, 1.54) is 31.7 Å². The molecule has 1 aromatic carbocycles.